The molecule has 1 heterocycles. The van der Waals surface area contributed by atoms with Crippen LogP contribution in [0.15, 0.2) is 91.0 Å². The Morgan fingerprint density at radius 3 is 2.00 bits per heavy atom. The zero-order chi connectivity index (χ0) is 18.9. The Morgan fingerprint density at radius 2 is 1.25 bits per heavy atom. The Bertz CT molecular complexity index is 1260. The van der Waals surface area contributed by atoms with Crippen molar-refractivity contribution in [2.75, 3.05) is 0 Å². The van der Waals surface area contributed by atoms with E-state index in [1.54, 1.807) is 0 Å². The van der Waals surface area contributed by atoms with Crippen molar-refractivity contribution in [2.24, 2.45) is 0 Å². The van der Waals surface area contributed by atoms with E-state index in [1.807, 2.05) is 30.3 Å². The predicted octanol–water partition coefficient (Wildman–Crippen LogP) is 7.35. The van der Waals surface area contributed by atoms with Crippen LogP contribution in [-0.2, 0) is 0 Å². The number of hydrogen-bond acceptors (Lipinski definition) is 3. The highest BCUT2D eigenvalue weighted by atomic mass is 35.5. The largest absolute Gasteiger partial charge is 0.138 e. The fraction of sp³-hybridized carbons (Fsp3) is 0. The molecule has 0 bridgehead atoms. The summed E-state index contributed by atoms with van der Waals surface area (Å²) in [6.07, 6.45) is 0. The van der Waals surface area contributed by atoms with Crippen LogP contribution in [0.4, 0.5) is 0 Å². The van der Waals surface area contributed by atoms with Gasteiger partial charge in [-0.15, -0.1) is 5.10 Å². The first-order valence-electron chi connectivity index (χ1n) is 8.96. The number of hydrogen-bond donors (Lipinski definition) is 0. The molecule has 1 aromatic heterocycles. The highest BCUT2D eigenvalue weighted by Gasteiger charge is 2.13. The van der Waals surface area contributed by atoms with Gasteiger partial charge in [0.25, 0.3) is 0 Å². The zero-order valence-corrected chi connectivity index (χ0v) is 16.4. The summed E-state index contributed by atoms with van der Waals surface area (Å²) in [6.45, 7) is 0. The molecule has 0 saturated carbocycles. The predicted molar refractivity (Wildman–Crippen MR) is 119 cm³/mol. The van der Waals surface area contributed by atoms with Gasteiger partial charge < -0.3 is 0 Å². The van der Waals surface area contributed by atoms with Gasteiger partial charge >= 0.3 is 0 Å². The molecule has 0 aliphatic rings. The smallest absolute Gasteiger partial charge is 0.107 e. The van der Waals surface area contributed by atoms with E-state index >= 15 is 0 Å². The van der Waals surface area contributed by atoms with Crippen molar-refractivity contribution in [3.63, 3.8) is 0 Å². The average molecular weight is 399 g/mol. The molecular weight excluding hydrogens is 384 g/mol. The highest BCUT2D eigenvalue weighted by Crippen LogP contribution is 2.38. The summed E-state index contributed by atoms with van der Waals surface area (Å²) < 4.78 is 5.21. The number of nitrogens with zero attached hydrogens (tertiary/aromatic N) is 2. The molecule has 0 aliphatic carbocycles. The molecule has 0 saturated heterocycles. The zero-order valence-electron chi connectivity index (χ0n) is 14.8. The molecule has 28 heavy (non-hydrogen) atoms. The lowest BCUT2D eigenvalue weighted by molar-refractivity contribution is 1.20. The quantitative estimate of drug-likeness (QED) is 0.317. The van der Waals surface area contributed by atoms with Crippen LogP contribution >= 0.6 is 23.1 Å². The Kier molecular flexibility index (Phi) is 4.40. The van der Waals surface area contributed by atoms with Crippen LogP contribution < -0.4 is 0 Å². The maximum Gasteiger partial charge on any atom is 0.107 e. The number of aromatic nitrogens is 2. The van der Waals surface area contributed by atoms with Gasteiger partial charge in [-0.3, -0.25) is 0 Å². The van der Waals surface area contributed by atoms with E-state index in [-0.39, 0.29) is 0 Å². The Balaban J connectivity index is 1.63. The van der Waals surface area contributed by atoms with Gasteiger partial charge in [-0.1, -0.05) is 88.9 Å². The third kappa shape index (κ3) is 3.09. The third-order valence-electron chi connectivity index (χ3n) is 4.84. The lowest BCUT2D eigenvalue weighted by Crippen LogP contribution is -1.85. The summed E-state index contributed by atoms with van der Waals surface area (Å²) in [5.41, 5.74) is 7.63. The van der Waals surface area contributed by atoms with Crippen LogP contribution in [0.5, 0.6) is 0 Å². The summed E-state index contributed by atoms with van der Waals surface area (Å²) in [4.78, 5) is 0. The van der Waals surface area contributed by atoms with Crippen molar-refractivity contribution in [1.29, 1.82) is 0 Å². The van der Waals surface area contributed by atoms with E-state index in [0.717, 1.165) is 37.5 Å². The van der Waals surface area contributed by atoms with Crippen LogP contribution in [-0.4, -0.2) is 9.59 Å². The third-order valence-corrected chi connectivity index (χ3v) is 5.94. The van der Waals surface area contributed by atoms with Crippen molar-refractivity contribution in [2.45, 2.75) is 0 Å². The van der Waals surface area contributed by atoms with Gasteiger partial charge in [0.1, 0.15) is 5.52 Å². The van der Waals surface area contributed by atoms with E-state index in [2.05, 4.69) is 70.3 Å². The molecule has 5 rings (SSSR count). The van der Waals surface area contributed by atoms with Crippen molar-refractivity contribution in [1.82, 2.24) is 9.59 Å². The molecule has 0 spiro atoms. The molecule has 5 aromatic rings. The first-order valence-corrected chi connectivity index (χ1v) is 10.1. The number of fused-ring (bicyclic) bond motifs is 1. The number of benzene rings is 4. The van der Waals surface area contributed by atoms with E-state index in [1.165, 1.54) is 22.7 Å². The van der Waals surface area contributed by atoms with Gasteiger partial charge in [0.15, 0.2) is 0 Å². The molecule has 0 aliphatic heterocycles. The molecule has 134 valence electrons. The highest BCUT2D eigenvalue weighted by molar-refractivity contribution is 7.13. The first kappa shape index (κ1) is 17.1. The molecule has 0 unspecified atom stereocenters. The fourth-order valence-electron chi connectivity index (χ4n) is 3.42. The molecule has 4 heteroatoms. The van der Waals surface area contributed by atoms with Crippen molar-refractivity contribution in [3.05, 3.63) is 96.0 Å². The van der Waals surface area contributed by atoms with Gasteiger partial charge in [-0.25, -0.2) is 0 Å². The van der Waals surface area contributed by atoms with E-state index in [0.29, 0.717) is 0 Å². The standard InChI is InChI=1S/C24H15ClN2S/c25-22-9-5-4-8-20(22)21-14-19(15-23-24(21)28-27-26-23)18-12-10-17(11-13-18)16-6-2-1-3-7-16/h1-15H. The molecule has 0 fully saturated rings. The van der Waals surface area contributed by atoms with Crippen LogP contribution in [0.25, 0.3) is 43.6 Å². The van der Waals surface area contributed by atoms with E-state index < -0.39 is 0 Å². The van der Waals surface area contributed by atoms with Gasteiger partial charge in [-0.2, -0.15) is 0 Å². The molecule has 0 atom stereocenters. The van der Waals surface area contributed by atoms with Crippen molar-refractivity contribution >= 4 is 33.4 Å². The van der Waals surface area contributed by atoms with Gasteiger partial charge in [0.05, 0.1) is 4.70 Å². The van der Waals surface area contributed by atoms with Crippen LogP contribution in [0.2, 0.25) is 5.02 Å². The van der Waals surface area contributed by atoms with Crippen LogP contribution in [0, 0.1) is 0 Å². The summed E-state index contributed by atoms with van der Waals surface area (Å²) in [5.74, 6) is 0. The molecule has 4 aromatic carbocycles. The molecule has 0 amide bonds. The number of halogens is 1. The molecular formula is C24H15ClN2S. The SMILES string of the molecule is Clc1ccccc1-c1cc(-c2ccc(-c3ccccc3)cc2)cc2nnsc12. The maximum atomic E-state index is 6.48. The van der Waals surface area contributed by atoms with Crippen LogP contribution in [0.3, 0.4) is 0 Å². The maximum absolute atomic E-state index is 6.48. The minimum atomic E-state index is 0.730. The monoisotopic (exact) mass is 398 g/mol. The Hall–Kier alpha value is -3.01. The lowest BCUT2D eigenvalue weighted by Gasteiger charge is -2.10. The second kappa shape index (κ2) is 7.19. The van der Waals surface area contributed by atoms with E-state index in [4.69, 9.17) is 11.6 Å². The second-order valence-corrected chi connectivity index (χ2v) is 7.73. The van der Waals surface area contributed by atoms with Gasteiger partial charge in [0.2, 0.25) is 0 Å². The minimum Gasteiger partial charge on any atom is -0.138 e. The Morgan fingerprint density at radius 1 is 0.607 bits per heavy atom. The summed E-state index contributed by atoms with van der Waals surface area (Å²) in [7, 11) is 0. The average Bonchev–Trinajstić information content (AvgIpc) is 3.23. The lowest BCUT2D eigenvalue weighted by atomic mass is 9.96. The minimum absolute atomic E-state index is 0.730. The topological polar surface area (TPSA) is 25.8 Å². The van der Waals surface area contributed by atoms with Crippen LogP contribution in [0.1, 0.15) is 0 Å². The first-order chi connectivity index (χ1) is 13.8. The molecule has 0 N–H and O–H groups in total. The summed E-state index contributed by atoms with van der Waals surface area (Å²) in [5, 5.41) is 5.04. The van der Waals surface area contributed by atoms with Crippen molar-refractivity contribution < 1.29 is 0 Å². The van der Waals surface area contributed by atoms with E-state index in [9.17, 15) is 0 Å². The number of rotatable bonds is 3. The Labute approximate surface area is 172 Å². The normalized spacial score (nSPS) is 11.0. The van der Waals surface area contributed by atoms with Gasteiger partial charge in [-0.05, 0) is 52.0 Å². The second-order valence-electron chi connectivity index (χ2n) is 6.57. The molecule has 2 nitrogen and oxygen atoms in total. The summed E-state index contributed by atoms with van der Waals surface area (Å²) >= 11 is 7.88. The fourth-order valence-corrected chi connectivity index (χ4v) is 4.33. The summed E-state index contributed by atoms with van der Waals surface area (Å²) in [6, 6.07) is 31.2. The van der Waals surface area contributed by atoms with Gasteiger partial charge in [0, 0.05) is 16.1 Å². The molecule has 0 radical (unpaired) electrons. The van der Waals surface area contributed by atoms with Crippen molar-refractivity contribution in [3.8, 4) is 33.4 Å².